The molecule has 1 aliphatic heterocycles. The molecule has 0 unspecified atom stereocenters. The lowest BCUT2D eigenvalue weighted by Gasteiger charge is -2.15. The fourth-order valence-electron chi connectivity index (χ4n) is 3.85. The first-order chi connectivity index (χ1) is 15.7. The van der Waals surface area contributed by atoms with Crippen molar-refractivity contribution in [3.63, 3.8) is 0 Å². The van der Waals surface area contributed by atoms with Gasteiger partial charge in [-0.3, -0.25) is 9.48 Å². The number of nitrogens with zero attached hydrogens (tertiary/aromatic N) is 3. The number of hydrogen-bond acceptors (Lipinski definition) is 2. The molecule has 4 nitrogen and oxygen atoms in total. The molecule has 1 saturated heterocycles. The zero-order chi connectivity index (χ0) is 23.6. The van der Waals surface area contributed by atoms with Gasteiger partial charge >= 0.3 is 6.18 Å². The molecular formula is C25H23F4N3O. The molecule has 0 spiro atoms. The highest BCUT2D eigenvalue weighted by atomic mass is 19.4. The van der Waals surface area contributed by atoms with Gasteiger partial charge in [0.25, 0.3) is 5.91 Å². The van der Waals surface area contributed by atoms with E-state index in [-0.39, 0.29) is 11.6 Å². The van der Waals surface area contributed by atoms with E-state index in [1.807, 2.05) is 23.1 Å². The standard InChI is InChI=1S/C25H23F4N3O/c1-17-13-23(22(26)15-18-7-9-21(10-8-18)25(27,28)29)30-32(17)16-19-5-4-6-20(14-19)24(33)31-11-2-3-12-31/h4-10,13-15H,2-3,11-12,16H2,1H3. The molecule has 0 aliphatic carbocycles. The number of carbonyl (C=O) groups excluding carboxylic acids is 1. The van der Waals surface area contributed by atoms with Crippen LogP contribution in [-0.4, -0.2) is 33.7 Å². The van der Waals surface area contributed by atoms with Gasteiger partial charge in [-0.1, -0.05) is 24.3 Å². The first-order valence-electron chi connectivity index (χ1n) is 10.7. The maximum Gasteiger partial charge on any atom is 0.416 e. The second-order valence-corrected chi connectivity index (χ2v) is 8.14. The average Bonchev–Trinajstić information content (AvgIpc) is 3.44. The number of halogens is 4. The molecule has 1 amide bonds. The first-order valence-corrected chi connectivity index (χ1v) is 10.7. The van der Waals surface area contributed by atoms with Crippen molar-refractivity contribution in [2.45, 2.75) is 32.5 Å². The molecule has 0 saturated carbocycles. The monoisotopic (exact) mass is 457 g/mol. The Morgan fingerprint density at radius 2 is 1.76 bits per heavy atom. The minimum Gasteiger partial charge on any atom is -0.339 e. The van der Waals surface area contributed by atoms with Gasteiger partial charge in [0.15, 0.2) is 5.83 Å². The molecule has 2 heterocycles. The van der Waals surface area contributed by atoms with Gasteiger partial charge in [0.1, 0.15) is 5.69 Å². The van der Waals surface area contributed by atoms with Gasteiger partial charge in [0.2, 0.25) is 0 Å². The summed E-state index contributed by atoms with van der Waals surface area (Å²) in [6, 6.07) is 13.2. The van der Waals surface area contributed by atoms with Gasteiger partial charge in [0.05, 0.1) is 12.1 Å². The molecule has 2 aromatic carbocycles. The van der Waals surface area contributed by atoms with E-state index in [0.717, 1.165) is 55.4 Å². The lowest BCUT2D eigenvalue weighted by molar-refractivity contribution is -0.137. The fraction of sp³-hybridized carbons (Fsp3) is 0.280. The van der Waals surface area contributed by atoms with Crippen LogP contribution >= 0.6 is 0 Å². The van der Waals surface area contributed by atoms with Gasteiger partial charge in [0, 0.05) is 24.3 Å². The van der Waals surface area contributed by atoms with Crippen LogP contribution in [0.5, 0.6) is 0 Å². The lowest BCUT2D eigenvalue weighted by atomic mass is 10.1. The molecule has 0 N–H and O–H groups in total. The third-order valence-electron chi connectivity index (χ3n) is 5.66. The van der Waals surface area contributed by atoms with Crippen molar-refractivity contribution in [3.05, 3.63) is 88.2 Å². The zero-order valence-electron chi connectivity index (χ0n) is 18.1. The van der Waals surface area contributed by atoms with Crippen molar-refractivity contribution in [3.8, 4) is 0 Å². The maximum absolute atomic E-state index is 14.7. The van der Waals surface area contributed by atoms with Crippen LogP contribution in [-0.2, 0) is 12.7 Å². The SMILES string of the molecule is Cc1cc(C(F)=Cc2ccc(C(F)(F)F)cc2)nn1Cc1cccc(C(=O)N2CCCC2)c1. The summed E-state index contributed by atoms with van der Waals surface area (Å²) in [7, 11) is 0. The van der Waals surface area contributed by atoms with Crippen molar-refractivity contribution in [2.24, 2.45) is 0 Å². The van der Waals surface area contributed by atoms with E-state index in [0.29, 0.717) is 17.7 Å². The number of aryl methyl sites for hydroxylation is 1. The van der Waals surface area contributed by atoms with Crippen LogP contribution in [0.2, 0.25) is 0 Å². The summed E-state index contributed by atoms with van der Waals surface area (Å²) in [5, 5.41) is 4.31. The van der Waals surface area contributed by atoms with Gasteiger partial charge < -0.3 is 4.90 Å². The minimum absolute atomic E-state index is 0.0118. The molecule has 8 heteroatoms. The van der Waals surface area contributed by atoms with Crippen LogP contribution in [0, 0.1) is 6.92 Å². The predicted molar refractivity (Wildman–Crippen MR) is 118 cm³/mol. The number of amides is 1. The third-order valence-corrected chi connectivity index (χ3v) is 5.66. The molecule has 172 valence electrons. The Hall–Kier alpha value is -3.42. The Labute approximate surface area is 189 Å². The van der Waals surface area contributed by atoms with Crippen LogP contribution in [0.4, 0.5) is 17.6 Å². The van der Waals surface area contributed by atoms with Crippen molar-refractivity contribution in [2.75, 3.05) is 13.1 Å². The smallest absolute Gasteiger partial charge is 0.339 e. The Kier molecular flexibility index (Phi) is 6.35. The summed E-state index contributed by atoms with van der Waals surface area (Å²) in [4.78, 5) is 14.5. The molecule has 0 radical (unpaired) electrons. The summed E-state index contributed by atoms with van der Waals surface area (Å²) in [5.74, 6) is -0.632. The van der Waals surface area contributed by atoms with Crippen LogP contribution < -0.4 is 0 Å². The Morgan fingerprint density at radius 1 is 1.06 bits per heavy atom. The minimum atomic E-state index is -4.44. The number of benzene rings is 2. The summed E-state index contributed by atoms with van der Waals surface area (Å²) < 4.78 is 54.5. The van der Waals surface area contributed by atoms with Crippen LogP contribution in [0.1, 0.15) is 51.3 Å². The quantitative estimate of drug-likeness (QED) is 0.443. The third kappa shape index (κ3) is 5.32. The molecule has 33 heavy (non-hydrogen) atoms. The number of alkyl halides is 3. The zero-order valence-corrected chi connectivity index (χ0v) is 18.1. The van der Waals surface area contributed by atoms with E-state index < -0.39 is 17.6 Å². The van der Waals surface area contributed by atoms with Crippen molar-refractivity contribution >= 4 is 17.8 Å². The molecule has 4 rings (SSSR count). The second kappa shape index (κ2) is 9.21. The summed E-state index contributed by atoms with van der Waals surface area (Å²) in [6.07, 6.45) is -1.24. The highest BCUT2D eigenvalue weighted by Gasteiger charge is 2.29. The Morgan fingerprint density at radius 3 is 2.42 bits per heavy atom. The van der Waals surface area contributed by atoms with Crippen LogP contribution in [0.25, 0.3) is 11.9 Å². The summed E-state index contributed by atoms with van der Waals surface area (Å²) in [5.41, 5.74) is 1.82. The van der Waals surface area contributed by atoms with Gasteiger partial charge in [-0.05, 0) is 67.3 Å². The lowest BCUT2D eigenvalue weighted by Crippen LogP contribution is -2.27. The molecular weight excluding hydrogens is 434 g/mol. The van der Waals surface area contributed by atoms with E-state index >= 15 is 0 Å². The largest absolute Gasteiger partial charge is 0.416 e. The maximum atomic E-state index is 14.7. The van der Waals surface area contributed by atoms with Gasteiger partial charge in [-0.15, -0.1) is 0 Å². The number of aromatic nitrogens is 2. The van der Waals surface area contributed by atoms with E-state index in [1.165, 1.54) is 12.1 Å². The molecule has 0 bridgehead atoms. The Bertz CT molecular complexity index is 1170. The van der Waals surface area contributed by atoms with Crippen molar-refractivity contribution in [1.82, 2.24) is 14.7 Å². The molecule has 1 fully saturated rings. The number of likely N-dealkylation sites (tertiary alicyclic amines) is 1. The van der Waals surface area contributed by atoms with E-state index in [9.17, 15) is 22.4 Å². The predicted octanol–water partition coefficient (Wildman–Crippen LogP) is 5.96. The van der Waals surface area contributed by atoms with Crippen LogP contribution in [0.15, 0.2) is 54.6 Å². The summed E-state index contributed by atoms with van der Waals surface area (Å²) in [6.45, 7) is 3.70. The van der Waals surface area contributed by atoms with E-state index in [4.69, 9.17) is 0 Å². The normalized spacial score (nSPS) is 14.7. The summed E-state index contributed by atoms with van der Waals surface area (Å²) >= 11 is 0. The molecule has 3 aromatic rings. The van der Waals surface area contributed by atoms with Crippen LogP contribution in [0.3, 0.4) is 0 Å². The van der Waals surface area contributed by atoms with Crippen molar-refractivity contribution in [1.29, 1.82) is 0 Å². The number of hydrogen-bond donors (Lipinski definition) is 0. The topological polar surface area (TPSA) is 38.1 Å². The Balaban J connectivity index is 1.50. The van der Waals surface area contributed by atoms with E-state index in [2.05, 4.69) is 5.10 Å². The van der Waals surface area contributed by atoms with Crippen molar-refractivity contribution < 1.29 is 22.4 Å². The fourth-order valence-corrected chi connectivity index (χ4v) is 3.85. The highest BCUT2D eigenvalue weighted by molar-refractivity contribution is 5.94. The number of carbonyl (C=O) groups is 1. The molecule has 1 aliphatic rings. The van der Waals surface area contributed by atoms with Gasteiger partial charge in [-0.25, -0.2) is 4.39 Å². The van der Waals surface area contributed by atoms with E-state index in [1.54, 1.807) is 23.7 Å². The molecule has 0 atom stereocenters. The average molecular weight is 457 g/mol. The van der Waals surface area contributed by atoms with Gasteiger partial charge in [-0.2, -0.15) is 18.3 Å². The molecule has 1 aromatic heterocycles. The second-order valence-electron chi connectivity index (χ2n) is 8.14. The highest BCUT2D eigenvalue weighted by Crippen LogP contribution is 2.30. The number of rotatable bonds is 5. The first kappa shape index (κ1) is 22.8.